The molecule has 0 saturated heterocycles. The number of amides is 1. The van der Waals surface area contributed by atoms with E-state index in [0.717, 1.165) is 21.2 Å². The first-order chi connectivity index (χ1) is 14.7. The van der Waals surface area contributed by atoms with E-state index in [2.05, 4.69) is 26.0 Å². The summed E-state index contributed by atoms with van der Waals surface area (Å²) < 4.78 is 29.4. The molecule has 0 aromatic heterocycles. The third-order valence-electron chi connectivity index (χ3n) is 4.94. The molecule has 1 amide bonds. The Morgan fingerprint density at radius 3 is 2.29 bits per heavy atom. The Hall–Kier alpha value is -2.48. The highest BCUT2D eigenvalue weighted by Gasteiger charge is 2.27. The number of rotatable bonds is 8. The van der Waals surface area contributed by atoms with Gasteiger partial charge in [-0.2, -0.15) is 4.72 Å². The first-order valence-corrected chi connectivity index (χ1v) is 12.2. The number of aryl methyl sites for hydroxylation is 1. The Morgan fingerprint density at radius 1 is 0.968 bits per heavy atom. The summed E-state index contributed by atoms with van der Waals surface area (Å²) in [4.78, 5) is 13.3. The SMILES string of the molecule is Cc1ccc(S(=O)(=O)N[C@H](Cc2ccccc2)C(=O)N[C@H](C)c2cccc(Br)c2)cc1. The molecule has 0 aliphatic carbocycles. The van der Waals surface area contributed by atoms with Gasteiger partial charge in [-0.1, -0.05) is 76.1 Å². The number of hydrogen-bond donors (Lipinski definition) is 2. The number of hydrogen-bond acceptors (Lipinski definition) is 3. The maximum absolute atomic E-state index is 13.1. The van der Waals surface area contributed by atoms with Gasteiger partial charge in [0.25, 0.3) is 0 Å². The maximum Gasteiger partial charge on any atom is 0.241 e. The molecule has 0 saturated carbocycles. The van der Waals surface area contributed by atoms with Crippen molar-refractivity contribution < 1.29 is 13.2 Å². The maximum atomic E-state index is 13.1. The van der Waals surface area contributed by atoms with E-state index in [1.807, 2.05) is 68.4 Å². The highest BCUT2D eigenvalue weighted by molar-refractivity contribution is 9.10. The van der Waals surface area contributed by atoms with E-state index in [-0.39, 0.29) is 23.3 Å². The van der Waals surface area contributed by atoms with Gasteiger partial charge < -0.3 is 5.32 Å². The van der Waals surface area contributed by atoms with Crippen molar-refractivity contribution in [3.63, 3.8) is 0 Å². The molecule has 2 atom stereocenters. The summed E-state index contributed by atoms with van der Waals surface area (Å²) >= 11 is 3.44. The van der Waals surface area contributed by atoms with Crippen LogP contribution in [-0.2, 0) is 21.2 Å². The quantitative estimate of drug-likeness (QED) is 0.477. The number of sulfonamides is 1. The van der Waals surface area contributed by atoms with Gasteiger partial charge in [-0.25, -0.2) is 8.42 Å². The number of halogens is 1. The van der Waals surface area contributed by atoms with Crippen molar-refractivity contribution in [1.29, 1.82) is 0 Å². The highest BCUT2D eigenvalue weighted by atomic mass is 79.9. The molecule has 2 N–H and O–H groups in total. The summed E-state index contributed by atoms with van der Waals surface area (Å²) in [5, 5.41) is 2.94. The van der Waals surface area contributed by atoms with Crippen LogP contribution in [0.15, 0.2) is 88.2 Å². The lowest BCUT2D eigenvalue weighted by Crippen LogP contribution is -2.48. The Balaban J connectivity index is 1.83. The molecule has 0 radical (unpaired) electrons. The van der Waals surface area contributed by atoms with Gasteiger partial charge in [0.1, 0.15) is 6.04 Å². The number of carbonyl (C=O) groups is 1. The minimum absolute atomic E-state index is 0.129. The van der Waals surface area contributed by atoms with Crippen LogP contribution < -0.4 is 10.0 Å². The van der Waals surface area contributed by atoms with E-state index < -0.39 is 16.1 Å². The van der Waals surface area contributed by atoms with Crippen LogP contribution in [0.4, 0.5) is 0 Å². The third kappa shape index (κ3) is 6.50. The first-order valence-electron chi connectivity index (χ1n) is 9.93. The summed E-state index contributed by atoms with van der Waals surface area (Å²) in [6, 6.07) is 22.3. The predicted octanol–water partition coefficient (Wildman–Crippen LogP) is 4.52. The molecule has 7 heteroatoms. The molecule has 0 spiro atoms. The van der Waals surface area contributed by atoms with Crippen molar-refractivity contribution >= 4 is 31.9 Å². The van der Waals surface area contributed by atoms with Crippen molar-refractivity contribution in [2.24, 2.45) is 0 Å². The zero-order chi connectivity index (χ0) is 22.4. The second-order valence-electron chi connectivity index (χ2n) is 7.46. The molecule has 0 aliphatic rings. The Bertz CT molecular complexity index is 1130. The molecular formula is C24H25BrN2O3S. The lowest BCUT2D eigenvalue weighted by Gasteiger charge is -2.22. The molecule has 3 rings (SSSR count). The van der Waals surface area contributed by atoms with E-state index in [0.29, 0.717) is 0 Å². The number of nitrogens with one attached hydrogen (secondary N) is 2. The lowest BCUT2D eigenvalue weighted by molar-refractivity contribution is -0.123. The van der Waals surface area contributed by atoms with Gasteiger partial charge in [0.05, 0.1) is 10.9 Å². The van der Waals surface area contributed by atoms with Crippen LogP contribution in [-0.4, -0.2) is 20.4 Å². The van der Waals surface area contributed by atoms with Crippen LogP contribution in [0.5, 0.6) is 0 Å². The predicted molar refractivity (Wildman–Crippen MR) is 126 cm³/mol. The van der Waals surface area contributed by atoms with E-state index in [9.17, 15) is 13.2 Å². The average molecular weight is 501 g/mol. The van der Waals surface area contributed by atoms with Gasteiger partial charge >= 0.3 is 0 Å². The highest BCUT2D eigenvalue weighted by Crippen LogP contribution is 2.19. The van der Waals surface area contributed by atoms with Gasteiger partial charge in [-0.3, -0.25) is 4.79 Å². The molecule has 0 bridgehead atoms. The second kappa shape index (κ2) is 10.2. The minimum atomic E-state index is -3.87. The molecule has 0 fully saturated rings. The standard InChI is InChI=1S/C24H25BrN2O3S/c1-17-11-13-22(14-12-17)31(29,30)27-23(15-19-7-4-3-5-8-19)24(28)26-18(2)20-9-6-10-21(25)16-20/h3-14,16,18,23,27H,15H2,1-2H3,(H,26,28)/t18-,23-/m1/s1. The summed E-state index contributed by atoms with van der Waals surface area (Å²) in [5.74, 6) is -0.382. The van der Waals surface area contributed by atoms with E-state index in [4.69, 9.17) is 0 Å². The summed E-state index contributed by atoms with van der Waals surface area (Å²) in [7, 11) is -3.87. The zero-order valence-corrected chi connectivity index (χ0v) is 19.8. The van der Waals surface area contributed by atoms with Crippen molar-refractivity contribution in [2.75, 3.05) is 0 Å². The topological polar surface area (TPSA) is 75.3 Å². The molecule has 5 nitrogen and oxygen atoms in total. The fourth-order valence-corrected chi connectivity index (χ4v) is 4.80. The van der Waals surface area contributed by atoms with Gasteiger partial charge in [0.15, 0.2) is 0 Å². The minimum Gasteiger partial charge on any atom is -0.348 e. The largest absolute Gasteiger partial charge is 0.348 e. The zero-order valence-electron chi connectivity index (χ0n) is 17.4. The van der Waals surface area contributed by atoms with Crippen molar-refractivity contribution in [3.8, 4) is 0 Å². The number of benzene rings is 3. The molecule has 0 heterocycles. The monoisotopic (exact) mass is 500 g/mol. The average Bonchev–Trinajstić information content (AvgIpc) is 2.74. The van der Waals surface area contributed by atoms with Crippen LogP contribution in [0.1, 0.15) is 29.7 Å². The van der Waals surface area contributed by atoms with Crippen LogP contribution in [0.2, 0.25) is 0 Å². The summed E-state index contributed by atoms with van der Waals surface area (Å²) in [6.07, 6.45) is 0.239. The molecule has 162 valence electrons. The number of carbonyl (C=O) groups excluding carboxylic acids is 1. The van der Waals surface area contributed by atoms with Crippen molar-refractivity contribution in [2.45, 2.75) is 37.2 Å². The smallest absolute Gasteiger partial charge is 0.241 e. The van der Waals surface area contributed by atoms with E-state index in [1.165, 1.54) is 0 Å². The van der Waals surface area contributed by atoms with E-state index >= 15 is 0 Å². The van der Waals surface area contributed by atoms with E-state index in [1.54, 1.807) is 24.3 Å². The van der Waals surface area contributed by atoms with Gasteiger partial charge in [0.2, 0.25) is 15.9 Å². The van der Waals surface area contributed by atoms with Crippen molar-refractivity contribution in [3.05, 3.63) is 100 Å². The lowest BCUT2D eigenvalue weighted by atomic mass is 10.0. The normalized spacial score (nSPS) is 13.4. The molecule has 3 aromatic rings. The van der Waals surface area contributed by atoms with Gasteiger partial charge in [-0.15, -0.1) is 0 Å². The fraction of sp³-hybridized carbons (Fsp3) is 0.208. The molecule has 0 aliphatic heterocycles. The van der Waals surface area contributed by atoms with Crippen LogP contribution in [0.25, 0.3) is 0 Å². The van der Waals surface area contributed by atoms with Crippen molar-refractivity contribution in [1.82, 2.24) is 10.0 Å². The third-order valence-corrected chi connectivity index (χ3v) is 6.92. The van der Waals surface area contributed by atoms with Gasteiger partial charge in [-0.05, 0) is 55.7 Å². The summed E-state index contributed by atoms with van der Waals surface area (Å²) in [6.45, 7) is 3.76. The molecule has 3 aromatic carbocycles. The Morgan fingerprint density at radius 2 is 1.65 bits per heavy atom. The second-order valence-corrected chi connectivity index (χ2v) is 10.1. The molecule has 0 unspecified atom stereocenters. The van der Waals surface area contributed by atoms with Crippen LogP contribution in [0.3, 0.4) is 0 Å². The molecular weight excluding hydrogens is 476 g/mol. The summed E-state index contributed by atoms with van der Waals surface area (Å²) in [5.41, 5.74) is 2.74. The van der Waals surface area contributed by atoms with Crippen LogP contribution >= 0.6 is 15.9 Å². The Labute approximate surface area is 192 Å². The fourth-order valence-electron chi connectivity index (χ4n) is 3.18. The Kier molecular flexibility index (Phi) is 7.64. The van der Waals surface area contributed by atoms with Crippen LogP contribution in [0, 0.1) is 6.92 Å². The first kappa shape index (κ1) is 23.2. The molecule has 31 heavy (non-hydrogen) atoms. The van der Waals surface area contributed by atoms with Gasteiger partial charge in [0, 0.05) is 4.47 Å².